The second-order valence-electron chi connectivity index (χ2n) is 6.96. The molecule has 0 bridgehead atoms. The summed E-state index contributed by atoms with van der Waals surface area (Å²) >= 11 is 0. The van der Waals surface area contributed by atoms with Gasteiger partial charge in [0.05, 0.1) is 6.42 Å². The van der Waals surface area contributed by atoms with Crippen LogP contribution in [0, 0.1) is 13.8 Å². The van der Waals surface area contributed by atoms with Gasteiger partial charge in [-0.15, -0.1) is 0 Å². The van der Waals surface area contributed by atoms with Crippen LogP contribution < -0.4 is 0 Å². The van der Waals surface area contributed by atoms with Gasteiger partial charge in [0.2, 0.25) is 5.78 Å². The van der Waals surface area contributed by atoms with Crippen molar-refractivity contribution < 1.29 is 19.1 Å². The molecule has 0 amide bonds. The van der Waals surface area contributed by atoms with Crippen LogP contribution in [-0.2, 0) is 9.53 Å². The Bertz CT molecular complexity index is 1030. The van der Waals surface area contributed by atoms with E-state index in [1.54, 1.807) is 19.1 Å². The van der Waals surface area contributed by atoms with Crippen LogP contribution in [-0.4, -0.2) is 28.6 Å². The van der Waals surface area contributed by atoms with E-state index in [-0.39, 0.29) is 24.4 Å². The zero-order valence-corrected chi connectivity index (χ0v) is 16.2. The molecule has 0 radical (unpaired) electrons. The molecule has 1 atom stereocenters. The summed E-state index contributed by atoms with van der Waals surface area (Å²) in [6.45, 7) is 5.32. The quantitative estimate of drug-likeness (QED) is 0.484. The van der Waals surface area contributed by atoms with Crippen molar-refractivity contribution >= 4 is 28.4 Å². The number of nitrogens with one attached hydrogen (secondary N) is 1. The third-order valence-electron chi connectivity index (χ3n) is 4.75. The number of hydrogen-bond donors (Lipinski definition) is 1. The number of ketones is 2. The molecule has 0 fully saturated rings. The zero-order chi connectivity index (χ0) is 20.3. The van der Waals surface area contributed by atoms with Crippen molar-refractivity contribution in [3.05, 3.63) is 70.9 Å². The van der Waals surface area contributed by atoms with E-state index in [9.17, 15) is 14.4 Å². The largest absolute Gasteiger partial charge is 0.454 e. The lowest BCUT2D eigenvalue weighted by Crippen LogP contribution is -2.25. The summed E-state index contributed by atoms with van der Waals surface area (Å²) in [6.07, 6.45) is -0.925. The van der Waals surface area contributed by atoms with Crippen LogP contribution in [0.4, 0.5) is 0 Å². The van der Waals surface area contributed by atoms with E-state index in [2.05, 4.69) is 4.98 Å². The van der Waals surface area contributed by atoms with E-state index in [0.717, 1.165) is 22.2 Å². The minimum Gasteiger partial charge on any atom is -0.454 e. The van der Waals surface area contributed by atoms with Gasteiger partial charge in [-0.1, -0.05) is 48.0 Å². The standard InChI is InChI=1S/C23H23NO4/c1-14-8-10-17(11-9-14)20(25)12-13-21(26)28-16(3)23(27)22-15(2)24-19-7-5-4-6-18(19)22/h4-11,16,24H,12-13H2,1-3H3/t16-/m0/s1. The van der Waals surface area contributed by atoms with E-state index < -0.39 is 12.1 Å². The molecule has 0 saturated carbocycles. The van der Waals surface area contributed by atoms with Crippen molar-refractivity contribution in [2.45, 2.75) is 39.7 Å². The number of hydrogen-bond acceptors (Lipinski definition) is 4. The van der Waals surface area contributed by atoms with E-state index in [0.29, 0.717) is 11.1 Å². The van der Waals surface area contributed by atoms with Crippen molar-refractivity contribution in [3.63, 3.8) is 0 Å². The molecule has 1 heterocycles. The monoisotopic (exact) mass is 377 g/mol. The molecular formula is C23H23NO4. The van der Waals surface area contributed by atoms with E-state index in [1.807, 2.05) is 50.2 Å². The number of H-pyrrole nitrogens is 1. The smallest absolute Gasteiger partial charge is 0.306 e. The first-order valence-corrected chi connectivity index (χ1v) is 9.27. The van der Waals surface area contributed by atoms with Crippen LogP contribution >= 0.6 is 0 Å². The normalized spacial score (nSPS) is 12.0. The van der Waals surface area contributed by atoms with E-state index in [1.165, 1.54) is 0 Å². The van der Waals surface area contributed by atoms with E-state index >= 15 is 0 Å². The van der Waals surface area contributed by atoms with Gasteiger partial charge in [-0.05, 0) is 26.8 Å². The van der Waals surface area contributed by atoms with Gasteiger partial charge in [0, 0.05) is 34.1 Å². The third kappa shape index (κ3) is 4.19. The molecule has 5 heteroatoms. The lowest BCUT2D eigenvalue weighted by atomic mass is 10.0. The highest BCUT2D eigenvalue weighted by Gasteiger charge is 2.24. The molecule has 1 N–H and O–H groups in total. The van der Waals surface area contributed by atoms with Crippen LogP contribution in [0.1, 0.15) is 51.7 Å². The van der Waals surface area contributed by atoms with Crippen LogP contribution in [0.15, 0.2) is 48.5 Å². The summed E-state index contributed by atoms with van der Waals surface area (Å²) in [7, 11) is 0. The Morgan fingerprint density at radius 1 is 0.964 bits per heavy atom. The van der Waals surface area contributed by atoms with Crippen LogP contribution in [0.5, 0.6) is 0 Å². The summed E-state index contributed by atoms with van der Waals surface area (Å²) in [5.74, 6) is -0.935. The Balaban J connectivity index is 1.60. The highest BCUT2D eigenvalue weighted by Crippen LogP contribution is 2.24. The van der Waals surface area contributed by atoms with Gasteiger partial charge in [-0.25, -0.2) is 0 Å². The number of rotatable bonds is 7. The molecule has 0 aliphatic heterocycles. The van der Waals surface area contributed by atoms with Crippen molar-refractivity contribution in [2.75, 3.05) is 0 Å². The average molecular weight is 377 g/mol. The summed E-state index contributed by atoms with van der Waals surface area (Å²) in [6, 6.07) is 14.7. The fourth-order valence-corrected chi connectivity index (χ4v) is 3.21. The van der Waals surface area contributed by atoms with Gasteiger partial charge < -0.3 is 9.72 Å². The minimum atomic E-state index is -0.917. The fourth-order valence-electron chi connectivity index (χ4n) is 3.21. The Kier molecular flexibility index (Phi) is 5.73. The molecule has 0 unspecified atom stereocenters. The summed E-state index contributed by atoms with van der Waals surface area (Å²) < 4.78 is 5.29. The minimum absolute atomic E-state index is 0.0505. The number of esters is 1. The molecule has 0 aliphatic carbocycles. The van der Waals surface area contributed by atoms with Gasteiger partial charge in [-0.2, -0.15) is 0 Å². The fraction of sp³-hybridized carbons (Fsp3) is 0.261. The number of benzene rings is 2. The molecule has 144 valence electrons. The molecule has 28 heavy (non-hydrogen) atoms. The Morgan fingerprint density at radius 3 is 2.36 bits per heavy atom. The molecule has 2 aromatic carbocycles. The van der Waals surface area contributed by atoms with Gasteiger partial charge in [0.1, 0.15) is 0 Å². The Hall–Kier alpha value is -3.21. The first kappa shape index (κ1) is 19.5. The van der Waals surface area contributed by atoms with Crippen LogP contribution in [0.25, 0.3) is 10.9 Å². The number of aromatic nitrogens is 1. The van der Waals surface area contributed by atoms with Gasteiger partial charge in [0.15, 0.2) is 11.9 Å². The number of carbonyl (C=O) groups is 3. The molecule has 5 nitrogen and oxygen atoms in total. The van der Waals surface area contributed by atoms with Gasteiger partial charge in [0.25, 0.3) is 0 Å². The molecule has 1 aromatic heterocycles. The Morgan fingerprint density at radius 2 is 1.64 bits per heavy atom. The highest BCUT2D eigenvalue weighted by molar-refractivity contribution is 6.11. The zero-order valence-electron chi connectivity index (χ0n) is 16.2. The number of fused-ring (bicyclic) bond motifs is 1. The maximum absolute atomic E-state index is 12.8. The molecule has 0 saturated heterocycles. The number of Topliss-reactive ketones (excluding diaryl/α,β-unsaturated/α-hetero) is 2. The summed E-state index contributed by atoms with van der Waals surface area (Å²) in [4.78, 5) is 40.3. The van der Waals surface area contributed by atoms with E-state index in [4.69, 9.17) is 4.74 Å². The van der Waals surface area contributed by atoms with Crippen LogP contribution in [0.2, 0.25) is 0 Å². The maximum Gasteiger partial charge on any atom is 0.306 e. The van der Waals surface area contributed by atoms with Crippen molar-refractivity contribution in [1.82, 2.24) is 4.98 Å². The number of aryl methyl sites for hydroxylation is 2. The number of para-hydroxylation sites is 1. The molecule has 3 aromatic rings. The van der Waals surface area contributed by atoms with Gasteiger partial charge in [-0.3, -0.25) is 14.4 Å². The first-order valence-electron chi connectivity index (χ1n) is 9.27. The Labute approximate surface area is 163 Å². The summed E-state index contributed by atoms with van der Waals surface area (Å²) in [5.41, 5.74) is 3.77. The lowest BCUT2D eigenvalue weighted by molar-refractivity contribution is -0.146. The number of carbonyl (C=O) groups excluding carboxylic acids is 3. The molecule has 3 rings (SSSR count). The molecular weight excluding hydrogens is 354 g/mol. The van der Waals surface area contributed by atoms with Crippen molar-refractivity contribution in [2.24, 2.45) is 0 Å². The number of aromatic amines is 1. The SMILES string of the molecule is Cc1ccc(C(=O)CCC(=O)O[C@@H](C)C(=O)c2c(C)[nH]c3ccccc23)cc1. The second-order valence-corrected chi connectivity index (χ2v) is 6.96. The molecule has 0 aliphatic rings. The third-order valence-corrected chi connectivity index (χ3v) is 4.75. The highest BCUT2D eigenvalue weighted by atomic mass is 16.5. The maximum atomic E-state index is 12.8. The van der Waals surface area contributed by atoms with Crippen LogP contribution in [0.3, 0.4) is 0 Å². The summed E-state index contributed by atoms with van der Waals surface area (Å²) in [5, 5.41) is 0.808. The number of ether oxygens (including phenoxy) is 1. The average Bonchev–Trinajstić information content (AvgIpc) is 3.01. The first-order chi connectivity index (χ1) is 13.4. The topological polar surface area (TPSA) is 76.2 Å². The molecule has 0 spiro atoms. The second kappa shape index (κ2) is 8.21. The predicted molar refractivity (Wildman–Crippen MR) is 108 cm³/mol. The lowest BCUT2D eigenvalue weighted by Gasteiger charge is -2.12. The predicted octanol–water partition coefficient (Wildman–Crippen LogP) is 4.56. The van der Waals surface area contributed by atoms with Crippen molar-refractivity contribution in [1.29, 1.82) is 0 Å². The van der Waals surface area contributed by atoms with Gasteiger partial charge >= 0.3 is 5.97 Å². The van der Waals surface area contributed by atoms with Crippen molar-refractivity contribution in [3.8, 4) is 0 Å².